The predicted octanol–water partition coefficient (Wildman–Crippen LogP) is -2.62. The lowest BCUT2D eigenvalue weighted by Gasteiger charge is -2.07. The first kappa shape index (κ1) is 20.8. The summed E-state index contributed by atoms with van der Waals surface area (Å²) in [6.07, 6.45) is -0.532. The number of carboxylic acid groups (broad SMARTS) is 3. The molecule has 0 saturated heterocycles. The minimum Gasteiger partial charge on any atom is -0.481 e. The summed E-state index contributed by atoms with van der Waals surface area (Å²) in [7, 11) is -4.60. The summed E-state index contributed by atoms with van der Waals surface area (Å²) in [4.78, 5) is 45.8. The second-order valence-corrected chi connectivity index (χ2v) is 4.51. The van der Waals surface area contributed by atoms with Gasteiger partial charge in [0.05, 0.1) is 13.0 Å². The Morgan fingerprint density at radius 1 is 1.00 bits per heavy atom. The molecule has 0 rings (SSSR count). The van der Waals surface area contributed by atoms with Crippen LogP contribution in [-0.2, 0) is 23.5 Å². The monoisotopic (exact) mass is 318 g/mol. The number of rotatable bonds is 7. The van der Waals surface area contributed by atoms with E-state index < -0.39 is 50.8 Å². The van der Waals surface area contributed by atoms with E-state index in [-0.39, 0.29) is 0 Å². The topological polar surface area (TPSA) is 231 Å². The number of phosphoric ester groups is 1. The van der Waals surface area contributed by atoms with Crippen LogP contribution in [0.4, 0.5) is 0 Å². The lowest BCUT2D eigenvalue weighted by atomic mass is 10.2. The van der Waals surface area contributed by atoms with Crippen LogP contribution in [0.25, 0.3) is 0 Å². The SMILES string of the molecule is N[C@@H](CC(=O)O)C(=O)O.N[C@@H](COP(=O)(O)O)C(=O)O. The first-order valence-electron chi connectivity index (χ1n) is 4.75. The van der Waals surface area contributed by atoms with E-state index in [0.717, 1.165) is 0 Å². The van der Waals surface area contributed by atoms with Crippen molar-refractivity contribution < 1.29 is 48.6 Å². The van der Waals surface area contributed by atoms with Gasteiger partial charge in [0.2, 0.25) is 0 Å². The highest BCUT2D eigenvalue weighted by Gasteiger charge is 2.19. The molecule has 118 valence electrons. The summed E-state index contributed by atoms with van der Waals surface area (Å²) in [5.74, 6) is -3.87. The lowest BCUT2D eigenvalue weighted by molar-refractivity contribution is -0.144. The third-order valence-electron chi connectivity index (χ3n) is 1.45. The number of nitrogens with two attached hydrogens (primary N) is 2. The molecule has 0 bridgehead atoms. The second-order valence-electron chi connectivity index (χ2n) is 3.27. The van der Waals surface area contributed by atoms with E-state index in [1.807, 2.05) is 0 Å². The zero-order valence-corrected chi connectivity index (χ0v) is 10.8. The Kier molecular flexibility index (Phi) is 9.71. The van der Waals surface area contributed by atoms with E-state index in [1.54, 1.807) is 0 Å². The molecule has 9 N–H and O–H groups in total. The Labute approximate surface area is 112 Å². The third-order valence-corrected chi connectivity index (χ3v) is 1.94. The highest BCUT2D eigenvalue weighted by Crippen LogP contribution is 2.35. The second kappa shape index (κ2) is 9.36. The Morgan fingerprint density at radius 2 is 1.40 bits per heavy atom. The van der Waals surface area contributed by atoms with Gasteiger partial charge in [-0.05, 0) is 0 Å². The zero-order valence-electron chi connectivity index (χ0n) is 9.95. The molecule has 0 amide bonds. The van der Waals surface area contributed by atoms with Crippen molar-refractivity contribution in [3.8, 4) is 0 Å². The van der Waals surface area contributed by atoms with Gasteiger partial charge in [0.15, 0.2) is 0 Å². The van der Waals surface area contributed by atoms with Gasteiger partial charge in [-0.15, -0.1) is 0 Å². The first-order chi connectivity index (χ1) is 8.86. The molecule has 2 atom stereocenters. The number of carboxylic acids is 3. The molecule has 20 heavy (non-hydrogen) atoms. The molecule has 0 unspecified atom stereocenters. The fraction of sp³-hybridized carbons (Fsp3) is 0.571. The van der Waals surface area contributed by atoms with Crippen molar-refractivity contribution in [3.63, 3.8) is 0 Å². The Hall–Kier alpha value is -1.56. The van der Waals surface area contributed by atoms with E-state index in [9.17, 15) is 18.9 Å². The predicted molar refractivity (Wildman–Crippen MR) is 61.5 cm³/mol. The summed E-state index contributed by atoms with van der Waals surface area (Å²) in [6.45, 7) is -0.709. The number of phosphoric acid groups is 1. The molecule has 0 aliphatic carbocycles. The van der Waals surface area contributed by atoms with Crippen LogP contribution < -0.4 is 11.5 Å². The standard InChI is InChI=1S/C4H7NO4.C3H8NO6P/c5-2(4(8)9)1-3(6)7;4-2(3(5)6)1-10-11(7,8)9/h2H,1,5H2,(H,6,7)(H,8,9);2H,1,4H2,(H,5,6)(H2,7,8,9)/t2*2-/m00/s1. The van der Waals surface area contributed by atoms with Crippen molar-refractivity contribution in [1.82, 2.24) is 0 Å². The molecule has 0 spiro atoms. The molecule has 0 aromatic heterocycles. The molecule has 0 saturated carbocycles. The van der Waals surface area contributed by atoms with E-state index in [0.29, 0.717) is 0 Å². The van der Waals surface area contributed by atoms with Gasteiger partial charge in [0.1, 0.15) is 12.1 Å². The van der Waals surface area contributed by atoms with Crippen LogP contribution in [0.5, 0.6) is 0 Å². The molecule has 0 aromatic carbocycles. The van der Waals surface area contributed by atoms with Gasteiger partial charge in [-0.2, -0.15) is 0 Å². The molecule has 0 fully saturated rings. The average Bonchev–Trinajstić information content (AvgIpc) is 2.24. The van der Waals surface area contributed by atoms with Crippen molar-refractivity contribution in [2.24, 2.45) is 11.5 Å². The summed E-state index contributed by atoms with van der Waals surface area (Å²) in [5.41, 5.74) is 9.69. The fourth-order valence-electron chi connectivity index (χ4n) is 0.524. The van der Waals surface area contributed by atoms with Gasteiger partial charge in [-0.3, -0.25) is 18.9 Å². The Balaban J connectivity index is 0. The van der Waals surface area contributed by atoms with E-state index in [2.05, 4.69) is 4.52 Å². The molecule has 0 heterocycles. The van der Waals surface area contributed by atoms with Crippen LogP contribution in [0.3, 0.4) is 0 Å². The molecular formula is C7H15N2O10P. The van der Waals surface area contributed by atoms with Crippen LogP contribution >= 0.6 is 7.82 Å². The summed E-state index contributed by atoms with van der Waals surface area (Å²) in [5, 5.41) is 24.2. The number of carbonyl (C=O) groups is 3. The third kappa shape index (κ3) is 14.5. The van der Waals surface area contributed by atoms with Crippen LogP contribution in [-0.4, -0.2) is 61.7 Å². The van der Waals surface area contributed by atoms with Gasteiger partial charge in [0, 0.05) is 0 Å². The molecule has 0 aliphatic heterocycles. The molecule has 13 heteroatoms. The molecule has 0 radical (unpaired) electrons. The van der Waals surface area contributed by atoms with Crippen molar-refractivity contribution in [2.45, 2.75) is 18.5 Å². The van der Waals surface area contributed by atoms with Crippen molar-refractivity contribution in [3.05, 3.63) is 0 Å². The summed E-state index contributed by atoms with van der Waals surface area (Å²) in [6, 6.07) is -2.70. The van der Waals surface area contributed by atoms with E-state index in [4.69, 9.17) is 36.6 Å². The van der Waals surface area contributed by atoms with Crippen LogP contribution in [0.2, 0.25) is 0 Å². The maximum atomic E-state index is 9.98. The minimum atomic E-state index is -4.60. The average molecular weight is 318 g/mol. The minimum absolute atomic E-state index is 0.532. The maximum absolute atomic E-state index is 9.98. The fourth-order valence-corrected chi connectivity index (χ4v) is 0.879. The largest absolute Gasteiger partial charge is 0.481 e. The normalized spacial score (nSPS) is 13.6. The molecular weight excluding hydrogens is 303 g/mol. The van der Waals surface area contributed by atoms with Crippen LogP contribution in [0.15, 0.2) is 0 Å². The number of hydrogen-bond acceptors (Lipinski definition) is 7. The maximum Gasteiger partial charge on any atom is 0.469 e. The van der Waals surface area contributed by atoms with Gasteiger partial charge < -0.3 is 36.6 Å². The van der Waals surface area contributed by atoms with E-state index >= 15 is 0 Å². The highest BCUT2D eigenvalue weighted by atomic mass is 31.2. The van der Waals surface area contributed by atoms with Crippen molar-refractivity contribution >= 4 is 25.7 Å². The summed E-state index contributed by atoms with van der Waals surface area (Å²) < 4.78 is 13.8. The molecule has 0 aromatic rings. The van der Waals surface area contributed by atoms with Gasteiger partial charge in [-0.1, -0.05) is 0 Å². The smallest absolute Gasteiger partial charge is 0.469 e. The molecule has 0 aliphatic rings. The zero-order chi connectivity index (χ0) is 16.5. The number of aliphatic carboxylic acids is 3. The highest BCUT2D eigenvalue weighted by molar-refractivity contribution is 7.46. The Bertz CT molecular complexity index is 393. The van der Waals surface area contributed by atoms with Crippen LogP contribution in [0, 0.1) is 0 Å². The van der Waals surface area contributed by atoms with Gasteiger partial charge in [-0.25, -0.2) is 4.57 Å². The Morgan fingerprint density at radius 3 is 1.60 bits per heavy atom. The van der Waals surface area contributed by atoms with Crippen molar-refractivity contribution in [2.75, 3.05) is 6.61 Å². The summed E-state index contributed by atoms with van der Waals surface area (Å²) >= 11 is 0. The lowest BCUT2D eigenvalue weighted by Crippen LogP contribution is -2.34. The first-order valence-corrected chi connectivity index (χ1v) is 6.28. The quantitative estimate of drug-likeness (QED) is 0.239. The van der Waals surface area contributed by atoms with Crippen LogP contribution in [0.1, 0.15) is 6.42 Å². The van der Waals surface area contributed by atoms with Gasteiger partial charge >= 0.3 is 25.7 Å². The van der Waals surface area contributed by atoms with Gasteiger partial charge in [0.25, 0.3) is 0 Å². The van der Waals surface area contributed by atoms with Crippen molar-refractivity contribution in [1.29, 1.82) is 0 Å². The number of hydrogen-bond donors (Lipinski definition) is 7. The van der Waals surface area contributed by atoms with E-state index in [1.165, 1.54) is 0 Å². The molecule has 12 nitrogen and oxygen atoms in total.